The van der Waals surface area contributed by atoms with Gasteiger partial charge in [-0.3, -0.25) is 4.98 Å². The summed E-state index contributed by atoms with van der Waals surface area (Å²) in [6, 6.07) is 7.95. The summed E-state index contributed by atoms with van der Waals surface area (Å²) in [5, 5.41) is 12.2. The van der Waals surface area contributed by atoms with Crippen LogP contribution in [0, 0.1) is 16.7 Å². The van der Waals surface area contributed by atoms with Gasteiger partial charge in [0.1, 0.15) is 0 Å². The van der Waals surface area contributed by atoms with Crippen molar-refractivity contribution in [2.75, 3.05) is 6.54 Å². The van der Waals surface area contributed by atoms with Crippen LogP contribution >= 0.6 is 0 Å². The van der Waals surface area contributed by atoms with Gasteiger partial charge in [-0.05, 0) is 30.5 Å². The van der Waals surface area contributed by atoms with Gasteiger partial charge in [0.2, 0.25) is 0 Å². The van der Waals surface area contributed by atoms with E-state index in [9.17, 15) is 4.79 Å². The fraction of sp³-hybridized carbons (Fsp3) is 0.385. The third-order valence-corrected chi connectivity index (χ3v) is 3.37. The zero-order valence-corrected chi connectivity index (χ0v) is 9.82. The Hall–Kier alpha value is -2.06. The minimum Gasteiger partial charge on any atom is -0.408 e. The summed E-state index contributed by atoms with van der Waals surface area (Å²) in [7, 11) is 0. The molecule has 1 heterocycles. The minimum absolute atomic E-state index is 0.134. The Labute approximate surface area is 103 Å². The Bertz CT molecular complexity index is 673. The number of oxazole rings is 1. The van der Waals surface area contributed by atoms with Crippen molar-refractivity contribution in [3.05, 3.63) is 34.3 Å². The molecule has 0 radical (unpaired) electrons. The summed E-state index contributed by atoms with van der Waals surface area (Å²) in [5.74, 6) is -0.434. The molecule has 1 saturated carbocycles. The van der Waals surface area contributed by atoms with Gasteiger partial charge in [-0.2, -0.15) is 5.26 Å². The van der Waals surface area contributed by atoms with Gasteiger partial charge < -0.3 is 9.73 Å². The molecular weight excluding hydrogens is 230 g/mol. The highest BCUT2D eigenvalue weighted by atomic mass is 16.4. The van der Waals surface area contributed by atoms with Crippen LogP contribution < -0.4 is 11.1 Å². The van der Waals surface area contributed by atoms with E-state index in [1.165, 1.54) is 0 Å². The second kappa shape index (κ2) is 4.00. The highest BCUT2D eigenvalue weighted by Gasteiger charge is 2.42. The number of benzene rings is 1. The molecule has 0 amide bonds. The van der Waals surface area contributed by atoms with Gasteiger partial charge >= 0.3 is 5.76 Å². The summed E-state index contributed by atoms with van der Waals surface area (Å²) in [4.78, 5) is 13.6. The number of H-pyrrole nitrogens is 1. The van der Waals surface area contributed by atoms with Crippen LogP contribution in [0.15, 0.2) is 27.4 Å². The van der Waals surface area contributed by atoms with Gasteiger partial charge in [0.05, 0.1) is 17.0 Å². The Morgan fingerprint density at radius 3 is 3.06 bits per heavy atom. The van der Waals surface area contributed by atoms with Crippen LogP contribution in [0.1, 0.15) is 18.4 Å². The van der Waals surface area contributed by atoms with Crippen LogP contribution in [-0.4, -0.2) is 11.5 Å². The Morgan fingerprint density at radius 1 is 1.50 bits per heavy atom. The molecule has 0 aliphatic heterocycles. The summed E-state index contributed by atoms with van der Waals surface area (Å²) < 4.78 is 5.00. The van der Waals surface area contributed by atoms with Gasteiger partial charge in [-0.15, -0.1) is 0 Å². The van der Waals surface area contributed by atoms with Gasteiger partial charge in [0.25, 0.3) is 0 Å². The van der Waals surface area contributed by atoms with Crippen LogP contribution in [0.4, 0.5) is 0 Å². The van der Waals surface area contributed by atoms with Crippen molar-refractivity contribution >= 4 is 11.1 Å². The Morgan fingerprint density at radius 2 is 2.33 bits per heavy atom. The number of nitrogens with one attached hydrogen (secondary N) is 2. The molecular formula is C13H13N3O2. The molecule has 2 N–H and O–H groups in total. The van der Waals surface area contributed by atoms with E-state index < -0.39 is 5.76 Å². The van der Waals surface area contributed by atoms with Gasteiger partial charge in [0, 0.05) is 13.1 Å². The fourth-order valence-electron chi connectivity index (χ4n) is 2.02. The molecule has 1 fully saturated rings. The van der Waals surface area contributed by atoms with E-state index in [0.717, 1.165) is 24.9 Å². The van der Waals surface area contributed by atoms with Crippen molar-refractivity contribution in [1.29, 1.82) is 5.26 Å². The number of rotatable bonds is 4. The Balaban J connectivity index is 1.67. The van der Waals surface area contributed by atoms with Crippen molar-refractivity contribution in [2.24, 2.45) is 5.41 Å². The second-order valence-electron chi connectivity index (χ2n) is 4.84. The first kappa shape index (κ1) is 11.1. The Kier molecular flexibility index (Phi) is 2.46. The van der Waals surface area contributed by atoms with Crippen molar-refractivity contribution in [2.45, 2.75) is 19.4 Å². The van der Waals surface area contributed by atoms with E-state index in [2.05, 4.69) is 16.4 Å². The number of aromatic amines is 1. The quantitative estimate of drug-likeness (QED) is 0.852. The molecule has 0 saturated heterocycles. The zero-order valence-electron chi connectivity index (χ0n) is 9.82. The van der Waals surface area contributed by atoms with Crippen molar-refractivity contribution in [3.8, 4) is 6.07 Å². The minimum atomic E-state index is -0.434. The topological polar surface area (TPSA) is 81.8 Å². The van der Waals surface area contributed by atoms with Crippen LogP contribution in [0.3, 0.4) is 0 Å². The van der Waals surface area contributed by atoms with Gasteiger partial charge in [-0.25, -0.2) is 4.79 Å². The molecule has 0 spiro atoms. The highest BCUT2D eigenvalue weighted by Crippen LogP contribution is 2.44. The molecule has 5 heteroatoms. The first-order valence-corrected chi connectivity index (χ1v) is 5.95. The lowest BCUT2D eigenvalue weighted by atomic mass is 10.1. The van der Waals surface area contributed by atoms with Crippen molar-refractivity contribution < 1.29 is 4.42 Å². The SMILES string of the molecule is N#CC1(CNCc2ccc3[nH]c(=O)oc3c2)CC1. The molecule has 2 aromatic rings. The molecule has 92 valence electrons. The maximum Gasteiger partial charge on any atom is 0.417 e. The summed E-state index contributed by atoms with van der Waals surface area (Å²) >= 11 is 0. The van der Waals surface area contributed by atoms with E-state index in [1.54, 1.807) is 0 Å². The molecule has 1 aromatic heterocycles. The number of aromatic nitrogens is 1. The molecule has 0 atom stereocenters. The molecule has 18 heavy (non-hydrogen) atoms. The second-order valence-corrected chi connectivity index (χ2v) is 4.84. The average molecular weight is 243 g/mol. The van der Waals surface area contributed by atoms with Crippen LogP contribution in [0.2, 0.25) is 0 Å². The van der Waals surface area contributed by atoms with Crippen LogP contribution in [-0.2, 0) is 6.54 Å². The fourth-order valence-corrected chi connectivity index (χ4v) is 2.02. The third kappa shape index (κ3) is 2.03. The molecule has 0 unspecified atom stereocenters. The van der Waals surface area contributed by atoms with Gasteiger partial charge in [0.15, 0.2) is 5.58 Å². The lowest BCUT2D eigenvalue weighted by Gasteiger charge is -2.07. The molecule has 1 aromatic carbocycles. The van der Waals surface area contributed by atoms with Gasteiger partial charge in [-0.1, -0.05) is 6.07 Å². The first-order chi connectivity index (χ1) is 8.71. The van der Waals surface area contributed by atoms with E-state index >= 15 is 0 Å². The summed E-state index contributed by atoms with van der Waals surface area (Å²) in [6.07, 6.45) is 1.98. The standard InChI is InChI=1S/C13H13N3O2/c14-7-13(3-4-13)8-15-6-9-1-2-10-11(5-9)18-12(17)16-10/h1-2,5,15H,3-4,6,8H2,(H,16,17). The largest absolute Gasteiger partial charge is 0.417 e. The van der Waals surface area contributed by atoms with Crippen molar-refractivity contribution in [3.63, 3.8) is 0 Å². The highest BCUT2D eigenvalue weighted by molar-refractivity contribution is 5.72. The molecule has 0 bridgehead atoms. The maximum absolute atomic E-state index is 11.0. The number of nitriles is 1. The smallest absolute Gasteiger partial charge is 0.408 e. The van der Waals surface area contributed by atoms with E-state index in [0.29, 0.717) is 17.6 Å². The molecule has 5 nitrogen and oxygen atoms in total. The first-order valence-electron chi connectivity index (χ1n) is 5.95. The number of hydrogen-bond acceptors (Lipinski definition) is 4. The van der Waals surface area contributed by atoms with Crippen molar-refractivity contribution in [1.82, 2.24) is 10.3 Å². The summed E-state index contributed by atoms with van der Waals surface area (Å²) in [5.41, 5.74) is 2.18. The predicted molar refractivity (Wildman–Crippen MR) is 65.8 cm³/mol. The molecule has 3 rings (SSSR count). The number of fused-ring (bicyclic) bond motifs is 1. The zero-order chi connectivity index (χ0) is 12.6. The molecule has 1 aliphatic carbocycles. The van der Waals surface area contributed by atoms with Crippen LogP contribution in [0.5, 0.6) is 0 Å². The third-order valence-electron chi connectivity index (χ3n) is 3.37. The monoisotopic (exact) mass is 243 g/mol. The predicted octanol–water partition coefficient (Wildman–Crippen LogP) is 1.51. The van der Waals surface area contributed by atoms with E-state index in [4.69, 9.17) is 9.68 Å². The normalized spacial score (nSPS) is 16.6. The molecule has 1 aliphatic rings. The lowest BCUT2D eigenvalue weighted by molar-refractivity contribution is 0.550. The summed E-state index contributed by atoms with van der Waals surface area (Å²) in [6.45, 7) is 1.40. The van der Waals surface area contributed by atoms with E-state index in [-0.39, 0.29) is 5.41 Å². The number of hydrogen-bond donors (Lipinski definition) is 2. The average Bonchev–Trinajstić information content (AvgIpc) is 3.04. The maximum atomic E-state index is 11.0. The lowest BCUT2D eigenvalue weighted by Crippen LogP contribution is -2.22. The van der Waals surface area contributed by atoms with Crippen LogP contribution in [0.25, 0.3) is 11.1 Å². The number of nitrogens with zero attached hydrogens (tertiary/aromatic N) is 1. The van der Waals surface area contributed by atoms with E-state index in [1.807, 2.05) is 18.2 Å².